The summed E-state index contributed by atoms with van der Waals surface area (Å²) in [7, 11) is 0. The van der Waals surface area contributed by atoms with Gasteiger partial charge in [0.05, 0.1) is 12.1 Å². The molecule has 0 unspecified atom stereocenters. The van der Waals surface area contributed by atoms with Gasteiger partial charge in [-0.25, -0.2) is 0 Å². The summed E-state index contributed by atoms with van der Waals surface area (Å²) in [5, 5.41) is 7.79. The van der Waals surface area contributed by atoms with E-state index < -0.39 is 0 Å². The number of aromatic nitrogens is 1. The van der Waals surface area contributed by atoms with Crippen molar-refractivity contribution in [1.82, 2.24) is 10.5 Å². The standard InChI is InChI=1S/C19H16N2O4/c1-11-7-15(12(2)23-11)19(22)20-10-14-9-18(25-21-14)17-8-13-5-3-4-6-16(13)24-17/h3-9H,10H2,1-2H3,(H,20,22). The molecular weight excluding hydrogens is 320 g/mol. The van der Waals surface area contributed by atoms with Gasteiger partial charge in [-0.15, -0.1) is 0 Å². The molecule has 1 amide bonds. The number of hydrogen-bond acceptors (Lipinski definition) is 5. The molecule has 0 atom stereocenters. The predicted octanol–water partition coefficient (Wildman–Crippen LogP) is 4.23. The molecular formula is C19H16N2O4. The van der Waals surface area contributed by atoms with Crippen molar-refractivity contribution in [2.24, 2.45) is 0 Å². The maximum absolute atomic E-state index is 12.2. The molecule has 25 heavy (non-hydrogen) atoms. The average molecular weight is 336 g/mol. The molecule has 4 rings (SSSR count). The van der Waals surface area contributed by atoms with Gasteiger partial charge >= 0.3 is 0 Å². The Labute approximate surface area is 143 Å². The second-order valence-electron chi connectivity index (χ2n) is 5.84. The fraction of sp³-hybridized carbons (Fsp3) is 0.158. The number of fused-ring (bicyclic) bond motifs is 1. The Balaban J connectivity index is 1.48. The first-order chi connectivity index (χ1) is 12.1. The first kappa shape index (κ1) is 15.3. The van der Waals surface area contributed by atoms with Crippen LogP contribution in [-0.2, 0) is 6.54 Å². The van der Waals surface area contributed by atoms with Crippen LogP contribution in [0.4, 0.5) is 0 Å². The van der Waals surface area contributed by atoms with Crippen LogP contribution in [0, 0.1) is 13.8 Å². The molecule has 0 radical (unpaired) electrons. The molecule has 3 aromatic heterocycles. The minimum Gasteiger partial charge on any atom is -0.466 e. The molecule has 1 aromatic carbocycles. The lowest BCUT2D eigenvalue weighted by atomic mass is 10.2. The number of benzene rings is 1. The summed E-state index contributed by atoms with van der Waals surface area (Å²) in [5.74, 6) is 2.22. The van der Waals surface area contributed by atoms with E-state index in [2.05, 4.69) is 10.5 Å². The number of nitrogens with one attached hydrogen (secondary N) is 1. The molecule has 0 saturated carbocycles. The fourth-order valence-corrected chi connectivity index (χ4v) is 2.74. The normalized spacial score (nSPS) is 11.1. The van der Waals surface area contributed by atoms with E-state index in [1.54, 1.807) is 26.0 Å². The van der Waals surface area contributed by atoms with Crippen LogP contribution in [0.3, 0.4) is 0 Å². The van der Waals surface area contributed by atoms with Gasteiger partial charge in [0.15, 0.2) is 5.76 Å². The lowest BCUT2D eigenvalue weighted by molar-refractivity contribution is 0.0948. The molecule has 6 nitrogen and oxygen atoms in total. The molecule has 0 aliphatic rings. The molecule has 0 bridgehead atoms. The van der Waals surface area contributed by atoms with E-state index >= 15 is 0 Å². The Bertz CT molecular complexity index is 1020. The second kappa shape index (κ2) is 5.98. The summed E-state index contributed by atoms with van der Waals surface area (Å²) in [6.45, 7) is 3.82. The Morgan fingerprint density at radius 3 is 2.68 bits per heavy atom. The van der Waals surface area contributed by atoms with E-state index in [1.165, 1.54) is 0 Å². The predicted molar refractivity (Wildman–Crippen MR) is 91.1 cm³/mol. The van der Waals surface area contributed by atoms with E-state index in [1.807, 2.05) is 30.3 Å². The van der Waals surface area contributed by atoms with Gasteiger partial charge in [-0.05, 0) is 32.0 Å². The van der Waals surface area contributed by atoms with E-state index in [0.29, 0.717) is 34.3 Å². The first-order valence-electron chi connectivity index (χ1n) is 7.90. The number of furan rings is 2. The molecule has 0 saturated heterocycles. The minimum absolute atomic E-state index is 0.206. The molecule has 0 aliphatic carbocycles. The Morgan fingerprint density at radius 2 is 1.92 bits per heavy atom. The number of rotatable bonds is 4. The lowest BCUT2D eigenvalue weighted by Crippen LogP contribution is -2.23. The topological polar surface area (TPSA) is 81.4 Å². The number of nitrogens with zero attached hydrogens (tertiary/aromatic N) is 1. The summed E-state index contributed by atoms with van der Waals surface area (Å²) < 4.78 is 16.5. The van der Waals surface area contributed by atoms with E-state index in [-0.39, 0.29) is 12.5 Å². The highest BCUT2D eigenvalue weighted by Crippen LogP contribution is 2.28. The van der Waals surface area contributed by atoms with Crippen molar-refractivity contribution >= 4 is 16.9 Å². The Morgan fingerprint density at radius 1 is 1.08 bits per heavy atom. The van der Waals surface area contributed by atoms with Crippen molar-refractivity contribution in [3.8, 4) is 11.5 Å². The van der Waals surface area contributed by atoms with Gasteiger partial charge in [-0.1, -0.05) is 23.4 Å². The van der Waals surface area contributed by atoms with Gasteiger partial charge in [0.2, 0.25) is 5.76 Å². The van der Waals surface area contributed by atoms with Crippen LogP contribution in [0.15, 0.2) is 55.8 Å². The molecule has 1 N–H and O–H groups in total. The van der Waals surface area contributed by atoms with Gasteiger partial charge in [0, 0.05) is 11.5 Å². The molecule has 0 fully saturated rings. The number of hydrogen-bond donors (Lipinski definition) is 1. The highest BCUT2D eigenvalue weighted by Gasteiger charge is 2.15. The number of carbonyl (C=O) groups is 1. The maximum Gasteiger partial charge on any atom is 0.255 e. The van der Waals surface area contributed by atoms with Crippen molar-refractivity contribution in [2.45, 2.75) is 20.4 Å². The molecule has 6 heteroatoms. The highest BCUT2D eigenvalue weighted by molar-refractivity contribution is 5.95. The molecule has 0 spiro atoms. The smallest absolute Gasteiger partial charge is 0.255 e. The number of carbonyl (C=O) groups excluding carboxylic acids is 1. The van der Waals surface area contributed by atoms with Crippen LogP contribution in [0.1, 0.15) is 27.6 Å². The number of amides is 1. The Hall–Kier alpha value is -3.28. The molecule has 4 aromatic rings. The van der Waals surface area contributed by atoms with Gasteiger partial charge in [-0.2, -0.15) is 0 Å². The lowest BCUT2D eigenvalue weighted by Gasteiger charge is -2.00. The quantitative estimate of drug-likeness (QED) is 0.603. The van der Waals surface area contributed by atoms with Gasteiger partial charge < -0.3 is 18.7 Å². The number of para-hydroxylation sites is 1. The van der Waals surface area contributed by atoms with Crippen LogP contribution in [0.25, 0.3) is 22.5 Å². The molecule has 126 valence electrons. The third kappa shape index (κ3) is 2.94. The zero-order valence-electron chi connectivity index (χ0n) is 13.8. The summed E-state index contributed by atoms with van der Waals surface area (Å²) in [5.41, 5.74) is 1.93. The van der Waals surface area contributed by atoms with E-state index in [0.717, 1.165) is 11.0 Å². The van der Waals surface area contributed by atoms with Gasteiger partial charge in [0.25, 0.3) is 5.91 Å². The van der Waals surface area contributed by atoms with E-state index in [4.69, 9.17) is 13.4 Å². The van der Waals surface area contributed by atoms with Crippen molar-refractivity contribution in [3.05, 3.63) is 65.2 Å². The zero-order valence-corrected chi connectivity index (χ0v) is 13.8. The van der Waals surface area contributed by atoms with Crippen LogP contribution in [-0.4, -0.2) is 11.1 Å². The summed E-state index contributed by atoms with van der Waals surface area (Å²) in [4.78, 5) is 12.2. The van der Waals surface area contributed by atoms with Crippen molar-refractivity contribution in [2.75, 3.05) is 0 Å². The van der Waals surface area contributed by atoms with Gasteiger partial charge in [0.1, 0.15) is 22.8 Å². The largest absolute Gasteiger partial charge is 0.466 e. The maximum atomic E-state index is 12.2. The summed E-state index contributed by atoms with van der Waals surface area (Å²) in [6.07, 6.45) is 0. The third-order valence-corrected chi connectivity index (χ3v) is 3.94. The SMILES string of the molecule is Cc1cc(C(=O)NCc2cc(-c3cc4ccccc4o3)on2)c(C)o1. The zero-order chi connectivity index (χ0) is 17.4. The van der Waals surface area contributed by atoms with Crippen LogP contribution in [0.5, 0.6) is 0 Å². The number of aryl methyl sites for hydroxylation is 2. The Kier molecular flexibility index (Phi) is 3.65. The summed E-state index contributed by atoms with van der Waals surface area (Å²) in [6, 6.07) is 13.1. The van der Waals surface area contributed by atoms with Crippen LogP contribution in [0.2, 0.25) is 0 Å². The third-order valence-electron chi connectivity index (χ3n) is 3.94. The highest BCUT2D eigenvalue weighted by atomic mass is 16.5. The van der Waals surface area contributed by atoms with E-state index in [9.17, 15) is 4.79 Å². The van der Waals surface area contributed by atoms with Crippen molar-refractivity contribution < 1.29 is 18.2 Å². The average Bonchev–Trinajstić information content (AvgIpc) is 3.29. The molecule has 0 aliphatic heterocycles. The van der Waals surface area contributed by atoms with Crippen molar-refractivity contribution in [3.63, 3.8) is 0 Å². The van der Waals surface area contributed by atoms with Crippen molar-refractivity contribution in [1.29, 1.82) is 0 Å². The fourth-order valence-electron chi connectivity index (χ4n) is 2.74. The first-order valence-corrected chi connectivity index (χ1v) is 7.90. The van der Waals surface area contributed by atoms with Gasteiger partial charge in [-0.3, -0.25) is 4.79 Å². The van der Waals surface area contributed by atoms with Crippen LogP contribution < -0.4 is 5.32 Å². The molecule has 3 heterocycles. The van der Waals surface area contributed by atoms with Crippen LogP contribution >= 0.6 is 0 Å². The summed E-state index contributed by atoms with van der Waals surface area (Å²) >= 11 is 0. The second-order valence-corrected chi connectivity index (χ2v) is 5.84. The minimum atomic E-state index is -0.206. The monoisotopic (exact) mass is 336 g/mol.